The first-order valence-electron chi connectivity index (χ1n) is 5.22. The Morgan fingerprint density at radius 1 is 1.11 bits per heavy atom. The minimum atomic E-state index is -3.93. The fraction of sp³-hybridized carbons (Fsp3) is 0. The molecule has 0 radical (unpaired) electrons. The zero-order valence-electron chi connectivity index (χ0n) is 9.58. The fourth-order valence-electron chi connectivity index (χ4n) is 1.44. The predicted molar refractivity (Wildman–Crippen MR) is 73.1 cm³/mol. The SMILES string of the molecule is N#Cc1cccc(OS(=O)(=O)c2ccccc2Br)c1. The van der Waals surface area contributed by atoms with Gasteiger partial charge in [0.15, 0.2) is 0 Å². The van der Waals surface area contributed by atoms with Gasteiger partial charge in [-0.2, -0.15) is 13.7 Å². The average molecular weight is 338 g/mol. The molecule has 4 nitrogen and oxygen atoms in total. The van der Waals surface area contributed by atoms with Crippen LogP contribution in [0.25, 0.3) is 0 Å². The van der Waals surface area contributed by atoms with Gasteiger partial charge in [0.2, 0.25) is 0 Å². The number of benzene rings is 2. The van der Waals surface area contributed by atoms with Gasteiger partial charge in [0.1, 0.15) is 10.6 Å². The molecule has 2 rings (SSSR count). The summed E-state index contributed by atoms with van der Waals surface area (Å²) in [7, 11) is -3.93. The molecule has 19 heavy (non-hydrogen) atoms. The molecule has 0 unspecified atom stereocenters. The number of hydrogen-bond acceptors (Lipinski definition) is 4. The van der Waals surface area contributed by atoms with E-state index in [0.29, 0.717) is 10.0 Å². The Bertz CT molecular complexity index is 750. The molecular weight excluding hydrogens is 330 g/mol. The highest BCUT2D eigenvalue weighted by Crippen LogP contribution is 2.25. The minimum Gasteiger partial charge on any atom is -0.379 e. The van der Waals surface area contributed by atoms with Gasteiger partial charge in [0.05, 0.1) is 11.6 Å². The van der Waals surface area contributed by atoms with Gasteiger partial charge in [-0.25, -0.2) is 0 Å². The monoisotopic (exact) mass is 337 g/mol. The maximum Gasteiger partial charge on any atom is 0.340 e. The number of hydrogen-bond donors (Lipinski definition) is 0. The Kier molecular flexibility index (Phi) is 3.88. The van der Waals surface area contributed by atoms with Crippen molar-refractivity contribution in [2.24, 2.45) is 0 Å². The molecule has 0 aromatic heterocycles. The zero-order valence-corrected chi connectivity index (χ0v) is 12.0. The lowest BCUT2D eigenvalue weighted by atomic mass is 10.2. The number of nitriles is 1. The van der Waals surface area contributed by atoms with Crippen LogP contribution in [0.5, 0.6) is 5.75 Å². The summed E-state index contributed by atoms with van der Waals surface area (Å²) in [4.78, 5) is 0.0392. The van der Waals surface area contributed by atoms with Crippen LogP contribution in [0, 0.1) is 11.3 Å². The highest BCUT2D eigenvalue weighted by atomic mass is 79.9. The van der Waals surface area contributed by atoms with Gasteiger partial charge in [0.25, 0.3) is 0 Å². The Morgan fingerprint density at radius 2 is 1.84 bits per heavy atom. The van der Waals surface area contributed by atoms with Crippen molar-refractivity contribution >= 4 is 26.0 Å². The van der Waals surface area contributed by atoms with Gasteiger partial charge < -0.3 is 4.18 Å². The molecule has 0 fully saturated rings. The van der Waals surface area contributed by atoms with Gasteiger partial charge in [-0.1, -0.05) is 18.2 Å². The molecule has 0 saturated heterocycles. The van der Waals surface area contributed by atoms with E-state index in [1.54, 1.807) is 30.3 Å². The van der Waals surface area contributed by atoms with Gasteiger partial charge in [-0.05, 0) is 46.3 Å². The van der Waals surface area contributed by atoms with Gasteiger partial charge in [0, 0.05) is 4.47 Å². The molecule has 0 spiro atoms. The average Bonchev–Trinajstić information content (AvgIpc) is 2.38. The van der Waals surface area contributed by atoms with Crippen molar-refractivity contribution in [2.45, 2.75) is 4.90 Å². The number of nitrogens with zero attached hydrogens (tertiary/aromatic N) is 1. The van der Waals surface area contributed by atoms with Gasteiger partial charge >= 0.3 is 10.1 Å². The summed E-state index contributed by atoms with van der Waals surface area (Å²) >= 11 is 3.16. The van der Waals surface area contributed by atoms with Crippen LogP contribution >= 0.6 is 15.9 Å². The predicted octanol–water partition coefficient (Wildman–Crippen LogP) is 3.09. The molecule has 0 N–H and O–H groups in total. The molecule has 0 amide bonds. The quantitative estimate of drug-likeness (QED) is 0.807. The third kappa shape index (κ3) is 3.13. The lowest BCUT2D eigenvalue weighted by Gasteiger charge is -2.08. The van der Waals surface area contributed by atoms with Crippen LogP contribution in [0.15, 0.2) is 57.9 Å². The summed E-state index contributed by atoms with van der Waals surface area (Å²) in [5, 5.41) is 8.76. The highest BCUT2D eigenvalue weighted by molar-refractivity contribution is 9.10. The van der Waals surface area contributed by atoms with E-state index in [0.717, 1.165) is 0 Å². The normalized spacial score (nSPS) is 10.7. The second-order valence-corrected chi connectivity index (χ2v) is 5.98. The zero-order chi connectivity index (χ0) is 13.9. The standard InChI is InChI=1S/C13H8BrNO3S/c14-12-6-1-2-7-13(12)19(16,17)18-11-5-3-4-10(8-11)9-15/h1-8H. The molecule has 2 aromatic rings. The Labute approximate surface area is 119 Å². The van der Waals surface area contributed by atoms with Crippen LogP contribution in [0.2, 0.25) is 0 Å². The van der Waals surface area contributed by atoms with E-state index in [2.05, 4.69) is 15.9 Å². The van der Waals surface area contributed by atoms with Crippen LogP contribution in [0.3, 0.4) is 0 Å². The Morgan fingerprint density at radius 3 is 2.53 bits per heavy atom. The highest BCUT2D eigenvalue weighted by Gasteiger charge is 2.19. The molecule has 0 aliphatic rings. The fourth-order valence-corrected chi connectivity index (χ4v) is 3.31. The second-order valence-electron chi connectivity index (χ2n) is 3.61. The van der Waals surface area contributed by atoms with Crippen LogP contribution in [0.4, 0.5) is 0 Å². The molecule has 0 atom stereocenters. The van der Waals surface area contributed by atoms with E-state index < -0.39 is 10.1 Å². The first kappa shape index (κ1) is 13.6. The summed E-state index contributed by atoms with van der Waals surface area (Å²) < 4.78 is 29.6. The summed E-state index contributed by atoms with van der Waals surface area (Å²) in [6.07, 6.45) is 0. The Hall–Kier alpha value is -1.84. The van der Waals surface area contributed by atoms with E-state index in [9.17, 15) is 8.42 Å². The van der Waals surface area contributed by atoms with E-state index in [1.807, 2.05) is 6.07 Å². The lowest BCUT2D eigenvalue weighted by Crippen LogP contribution is -2.10. The van der Waals surface area contributed by atoms with Crippen molar-refractivity contribution in [3.8, 4) is 11.8 Å². The largest absolute Gasteiger partial charge is 0.379 e. The van der Waals surface area contributed by atoms with Crippen molar-refractivity contribution < 1.29 is 12.6 Å². The van der Waals surface area contributed by atoms with E-state index in [-0.39, 0.29) is 10.6 Å². The van der Waals surface area contributed by atoms with Crippen molar-refractivity contribution in [2.75, 3.05) is 0 Å². The topological polar surface area (TPSA) is 67.2 Å². The van der Waals surface area contributed by atoms with Crippen LogP contribution < -0.4 is 4.18 Å². The minimum absolute atomic E-state index is 0.0392. The van der Waals surface area contributed by atoms with Crippen LogP contribution in [0.1, 0.15) is 5.56 Å². The molecule has 0 heterocycles. The molecule has 2 aromatic carbocycles. The van der Waals surface area contributed by atoms with E-state index in [4.69, 9.17) is 9.44 Å². The van der Waals surface area contributed by atoms with Crippen molar-refractivity contribution in [3.63, 3.8) is 0 Å². The van der Waals surface area contributed by atoms with Crippen molar-refractivity contribution in [1.82, 2.24) is 0 Å². The van der Waals surface area contributed by atoms with Gasteiger partial charge in [-0.3, -0.25) is 0 Å². The first-order chi connectivity index (χ1) is 9.03. The summed E-state index contributed by atoms with van der Waals surface area (Å²) in [6, 6.07) is 14.3. The molecule has 0 aliphatic carbocycles. The summed E-state index contributed by atoms with van der Waals surface area (Å²) in [5.74, 6) is 0.106. The molecule has 96 valence electrons. The molecule has 0 saturated carbocycles. The van der Waals surface area contributed by atoms with Gasteiger partial charge in [-0.15, -0.1) is 0 Å². The van der Waals surface area contributed by atoms with E-state index in [1.165, 1.54) is 18.2 Å². The maximum absolute atomic E-state index is 12.1. The number of halogens is 1. The van der Waals surface area contributed by atoms with Crippen LogP contribution in [-0.2, 0) is 10.1 Å². The Balaban J connectivity index is 2.37. The molecule has 0 aliphatic heterocycles. The molecule has 6 heteroatoms. The maximum atomic E-state index is 12.1. The molecule has 0 bridgehead atoms. The third-order valence-electron chi connectivity index (χ3n) is 2.28. The second kappa shape index (κ2) is 5.43. The lowest BCUT2D eigenvalue weighted by molar-refractivity contribution is 0.485. The first-order valence-corrected chi connectivity index (χ1v) is 7.42. The smallest absolute Gasteiger partial charge is 0.340 e. The summed E-state index contributed by atoms with van der Waals surface area (Å²) in [5.41, 5.74) is 0.333. The van der Waals surface area contributed by atoms with Crippen LogP contribution in [-0.4, -0.2) is 8.42 Å². The van der Waals surface area contributed by atoms with Crippen molar-refractivity contribution in [3.05, 3.63) is 58.6 Å². The van der Waals surface area contributed by atoms with Crippen molar-refractivity contribution in [1.29, 1.82) is 5.26 Å². The molecular formula is C13H8BrNO3S. The summed E-state index contributed by atoms with van der Waals surface area (Å²) in [6.45, 7) is 0. The number of rotatable bonds is 3. The van der Waals surface area contributed by atoms with E-state index >= 15 is 0 Å². The third-order valence-corrected chi connectivity index (χ3v) is 4.54.